The summed E-state index contributed by atoms with van der Waals surface area (Å²) in [5.41, 5.74) is 0.213. The Morgan fingerprint density at radius 2 is 1.50 bits per heavy atom. The van der Waals surface area contributed by atoms with E-state index < -0.39 is 5.97 Å². The van der Waals surface area contributed by atoms with Crippen molar-refractivity contribution in [2.75, 3.05) is 14.2 Å². The van der Waals surface area contributed by atoms with Crippen LogP contribution in [0.1, 0.15) is 10.4 Å². The zero-order chi connectivity index (χ0) is 14.5. The normalized spacial score (nSPS) is 9.90. The molecule has 0 heterocycles. The summed E-state index contributed by atoms with van der Waals surface area (Å²) in [6.45, 7) is 0. The van der Waals surface area contributed by atoms with E-state index in [-0.39, 0.29) is 5.56 Å². The van der Waals surface area contributed by atoms with Gasteiger partial charge < -0.3 is 19.3 Å². The van der Waals surface area contributed by atoms with E-state index in [1.54, 1.807) is 44.6 Å². The number of rotatable bonds is 5. The van der Waals surface area contributed by atoms with Crippen molar-refractivity contribution in [1.29, 1.82) is 0 Å². The average Bonchev–Trinajstić information content (AvgIpc) is 2.47. The first-order chi connectivity index (χ1) is 9.63. The van der Waals surface area contributed by atoms with Gasteiger partial charge >= 0.3 is 5.97 Å². The lowest BCUT2D eigenvalue weighted by Gasteiger charge is -2.10. The van der Waals surface area contributed by atoms with Gasteiger partial charge in [-0.05, 0) is 36.4 Å². The van der Waals surface area contributed by atoms with Crippen LogP contribution in [0.2, 0.25) is 0 Å². The molecular formula is C15H14O5. The van der Waals surface area contributed by atoms with Crippen molar-refractivity contribution in [2.45, 2.75) is 0 Å². The summed E-state index contributed by atoms with van der Waals surface area (Å²) < 4.78 is 15.9. The van der Waals surface area contributed by atoms with E-state index >= 15 is 0 Å². The molecule has 0 aliphatic carbocycles. The van der Waals surface area contributed by atoms with Gasteiger partial charge in [-0.2, -0.15) is 0 Å². The fourth-order valence-corrected chi connectivity index (χ4v) is 1.68. The summed E-state index contributed by atoms with van der Waals surface area (Å²) in [6, 6.07) is 11.3. The number of carboxylic acid groups (broad SMARTS) is 1. The number of carbonyl (C=O) groups is 1. The molecule has 5 heteroatoms. The number of hydrogen-bond donors (Lipinski definition) is 1. The smallest absolute Gasteiger partial charge is 0.335 e. The predicted molar refractivity (Wildman–Crippen MR) is 73.0 cm³/mol. The summed E-state index contributed by atoms with van der Waals surface area (Å²) in [6.07, 6.45) is 0. The van der Waals surface area contributed by atoms with Crippen LogP contribution in [0.5, 0.6) is 23.0 Å². The van der Waals surface area contributed by atoms with Crippen LogP contribution in [0, 0.1) is 0 Å². The average molecular weight is 274 g/mol. The molecule has 0 fully saturated rings. The minimum Gasteiger partial charge on any atom is -0.493 e. The Kier molecular flexibility index (Phi) is 4.10. The van der Waals surface area contributed by atoms with Crippen molar-refractivity contribution >= 4 is 5.97 Å². The summed E-state index contributed by atoms with van der Waals surface area (Å²) in [5.74, 6) is 1.32. The maximum absolute atomic E-state index is 10.8. The molecule has 2 aromatic carbocycles. The molecule has 0 saturated carbocycles. The van der Waals surface area contributed by atoms with Crippen LogP contribution in [0.3, 0.4) is 0 Å². The van der Waals surface area contributed by atoms with Crippen LogP contribution < -0.4 is 14.2 Å². The van der Waals surface area contributed by atoms with Crippen molar-refractivity contribution < 1.29 is 24.1 Å². The lowest BCUT2D eigenvalue weighted by molar-refractivity contribution is 0.0697. The van der Waals surface area contributed by atoms with Gasteiger partial charge in [0.2, 0.25) is 0 Å². The largest absolute Gasteiger partial charge is 0.493 e. The molecule has 5 nitrogen and oxygen atoms in total. The number of ether oxygens (including phenoxy) is 3. The van der Waals surface area contributed by atoms with E-state index in [9.17, 15) is 4.79 Å². The van der Waals surface area contributed by atoms with E-state index in [0.29, 0.717) is 23.0 Å². The molecule has 0 aliphatic heterocycles. The van der Waals surface area contributed by atoms with Crippen molar-refractivity contribution in [3.8, 4) is 23.0 Å². The van der Waals surface area contributed by atoms with Gasteiger partial charge in [-0.1, -0.05) is 0 Å². The fourth-order valence-electron chi connectivity index (χ4n) is 1.68. The van der Waals surface area contributed by atoms with E-state index in [0.717, 1.165) is 0 Å². The highest BCUT2D eigenvalue weighted by Crippen LogP contribution is 2.33. The highest BCUT2D eigenvalue weighted by molar-refractivity contribution is 5.87. The van der Waals surface area contributed by atoms with Crippen LogP contribution in [-0.2, 0) is 0 Å². The maximum Gasteiger partial charge on any atom is 0.335 e. The molecule has 20 heavy (non-hydrogen) atoms. The lowest BCUT2D eigenvalue weighted by atomic mass is 10.2. The lowest BCUT2D eigenvalue weighted by Crippen LogP contribution is -1.95. The molecule has 0 unspecified atom stereocenters. The first-order valence-corrected chi connectivity index (χ1v) is 5.87. The van der Waals surface area contributed by atoms with E-state index in [4.69, 9.17) is 19.3 Å². The molecule has 2 aromatic rings. The molecule has 0 atom stereocenters. The van der Waals surface area contributed by atoms with E-state index in [1.807, 2.05) is 0 Å². The summed E-state index contributed by atoms with van der Waals surface area (Å²) in [7, 11) is 3.10. The number of hydrogen-bond acceptors (Lipinski definition) is 4. The molecule has 2 rings (SSSR count). The van der Waals surface area contributed by atoms with Crippen LogP contribution in [0.25, 0.3) is 0 Å². The quantitative estimate of drug-likeness (QED) is 0.907. The molecule has 0 spiro atoms. The minimum atomic E-state index is -0.970. The highest BCUT2D eigenvalue weighted by atomic mass is 16.5. The Labute approximate surface area is 116 Å². The summed E-state index contributed by atoms with van der Waals surface area (Å²) in [5, 5.41) is 8.82. The Morgan fingerprint density at radius 3 is 2.05 bits per heavy atom. The van der Waals surface area contributed by atoms with Crippen molar-refractivity contribution in [2.24, 2.45) is 0 Å². The molecule has 0 amide bonds. The minimum absolute atomic E-state index is 0.213. The topological polar surface area (TPSA) is 65.0 Å². The molecule has 1 N–H and O–H groups in total. The van der Waals surface area contributed by atoms with Gasteiger partial charge in [0.25, 0.3) is 0 Å². The fraction of sp³-hybridized carbons (Fsp3) is 0.133. The second kappa shape index (κ2) is 5.97. The van der Waals surface area contributed by atoms with Gasteiger partial charge in [0.05, 0.1) is 19.8 Å². The number of benzene rings is 2. The third-order valence-electron chi connectivity index (χ3n) is 2.69. The number of carboxylic acids is 1. The van der Waals surface area contributed by atoms with Gasteiger partial charge in [-0.3, -0.25) is 0 Å². The molecule has 104 valence electrons. The van der Waals surface area contributed by atoms with Gasteiger partial charge in [0.1, 0.15) is 11.5 Å². The van der Waals surface area contributed by atoms with Crippen LogP contribution >= 0.6 is 0 Å². The first kappa shape index (κ1) is 13.7. The Bertz CT molecular complexity index is 604. The molecule has 0 aliphatic rings. The van der Waals surface area contributed by atoms with Crippen LogP contribution in [-0.4, -0.2) is 25.3 Å². The summed E-state index contributed by atoms with van der Waals surface area (Å²) in [4.78, 5) is 10.8. The second-order valence-electron chi connectivity index (χ2n) is 3.95. The van der Waals surface area contributed by atoms with Crippen LogP contribution in [0.15, 0.2) is 42.5 Å². The zero-order valence-corrected chi connectivity index (χ0v) is 11.1. The molecule has 0 bridgehead atoms. The van der Waals surface area contributed by atoms with Gasteiger partial charge in [-0.25, -0.2) is 4.79 Å². The molecule has 0 aromatic heterocycles. The number of methoxy groups -OCH3 is 2. The molecule has 0 saturated heterocycles. The molecule has 0 radical (unpaired) electrons. The van der Waals surface area contributed by atoms with Gasteiger partial charge in [-0.15, -0.1) is 0 Å². The third-order valence-corrected chi connectivity index (χ3v) is 2.69. The van der Waals surface area contributed by atoms with Gasteiger partial charge in [0.15, 0.2) is 11.5 Å². The Morgan fingerprint density at radius 1 is 0.900 bits per heavy atom. The van der Waals surface area contributed by atoms with E-state index in [1.165, 1.54) is 12.1 Å². The second-order valence-corrected chi connectivity index (χ2v) is 3.95. The van der Waals surface area contributed by atoms with Crippen molar-refractivity contribution in [3.05, 3.63) is 48.0 Å². The predicted octanol–water partition coefficient (Wildman–Crippen LogP) is 3.19. The maximum atomic E-state index is 10.8. The van der Waals surface area contributed by atoms with Gasteiger partial charge in [0, 0.05) is 6.07 Å². The van der Waals surface area contributed by atoms with Crippen LogP contribution in [0.4, 0.5) is 0 Å². The SMILES string of the molecule is COc1ccc(Oc2ccc(C(=O)O)cc2)cc1OC. The summed E-state index contributed by atoms with van der Waals surface area (Å²) >= 11 is 0. The van der Waals surface area contributed by atoms with Crippen molar-refractivity contribution in [3.63, 3.8) is 0 Å². The van der Waals surface area contributed by atoms with E-state index in [2.05, 4.69) is 0 Å². The Hall–Kier alpha value is -2.69. The Balaban J connectivity index is 2.19. The number of aromatic carboxylic acids is 1. The third kappa shape index (κ3) is 3.00. The highest BCUT2D eigenvalue weighted by Gasteiger charge is 2.07. The monoisotopic (exact) mass is 274 g/mol. The zero-order valence-electron chi connectivity index (χ0n) is 11.1. The van der Waals surface area contributed by atoms with Crippen molar-refractivity contribution in [1.82, 2.24) is 0 Å². The first-order valence-electron chi connectivity index (χ1n) is 5.87. The standard InChI is InChI=1S/C15H14O5/c1-18-13-8-7-12(9-14(13)19-2)20-11-5-3-10(4-6-11)15(16)17/h3-9H,1-2H3,(H,16,17). The molecular weight excluding hydrogens is 260 g/mol.